The van der Waals surface area contributed by atoms with Gasteiger partial charge in [-0.2, -0.15) is 0 Å². The van der Waals surface area contributed by atoms with E-state index in [2.05, 4.69) is 34.9 Å². The molecule has 4 aromatic heterocycles. The zero-order valence-corrected chi connectivity index (χ0v) is 14.7. The molecule has 152 valence electrons. The van der Waals surface area contributed by atoms with Crippen LogP contribution in [0.1, 0.15) is 6.23 Å². The van der Waals surface area contributed by atoms with Gasteiger partial charge in [0.25, 0.3) is 5.56 Å². The van der Waals surface area contributed by atoms with Gasteiger partial charge < -0.3 is 35.8 Å². The molecule has 4 atom stereocenters. The summed E-state index contributed by atoms with van der Waals surface area (Å²) in [7, 11) is 0. The zero-order valence-electron chi connectivity index (χ0n) is 14.7. The van der Waals surface area contributed by atoms with Crippen LogP contribution in [-0.2, 0) is 4.74 Å². The molecule has 1 aliphatic rings. The fourth-order valence-electron chi connectivity index (χ4n) is 2.94. The van der Waals surface area contributed by atoms with E-state index in [4.69, 9.17) is 15.6 Å². The van der Waals surface area contributed by atoms with Crippen LogP contribution < -0.4 is 11.3 Å². The molecule has 1 aliphatic heterocycles. The van der Waals surface area contributed by atoms with Crippen molar-refractivity contribution in [1.29, 1.82) is 0 Å². The number of H-pyrrole nitrogens is 2. The molecule has 1 fully saturated rings. The number of imidazole rings is 2. The number of ether oxygens (including phenoxy) is 1. The van der Waals surface area contributed by atoms with Crippen LogP contribution in [0.2, 0.25) is 0 Å². The lowest BCUT2D eigenvalue weighted by atomic mass is 10.1. The molecule has 0 bridgehead atoms. The lowest BCUT2D eigenvalue weighted by Gasteiger charge is -2.16. The molecule has 0 aliphatic carbocycles. The van der Waals surface area contributed by atoms with Gasteiger partial charge in [0.1, 0.15) is 30.2 Å². The number of fused-ring (bicyclic) bond motifs is 2. The Bertz CT molecular complexity index is 1190. The summed E-state index contributed by atoms with van der Waals surface area (Å²) in [5.41, 5.74) is 7.12. The topological polar surface area (TPSA) is 214 Å². The molecule has 5 heterocycles. The third-order valence-electron chi connectivity index (χ3n) is 4.41. The number of aliphatic hydroxyl groups is 3. The molecule has 0 radical (unpaired) electrons. The molecular formula is C15H17N9O5. The molecule has 4 aromatic rings. The number of aliphatic hydroxyl groups excluding tert-OH is 3. The molecule has 0 aromatic carbocycles. The molecule has 0 spiro atoms. The second kappa shape index (κ2) is 7.51. The number of nitrogens with one attached hydrogen (secondary N) is 2. The van der Waals surface area contributed by atoms with Crippen molar-refractivity contribution in [3.05, 3.63) is 35.7 Å². The van der Waals surface area contributed by atoms with Gasteiger partial charge in [-0.1, -0.05) is 0 Å². The number of nitrogen functional groups attached to an aromatic ring is 1. The highest BCUT2D eigenvalue weighted by atomic mass is 16.6. The van der Waals surface area contributed by atoms with Gasteiger partial charge in [0.15, 0.2) is 28.9 Å². The predicted octanol–water partition coefficient (Wildman–Crippen LogP) is -2.33. The monoisotopic (exact) mass is 403 g/mol. The SMILES string of the molecule is Nc1ncnc2c1ncn2[C@@H]1O[C@H](CO)[C@@H](O)[C@H]1O.O=c1[nH]cnc2nc[nH]c12. The Labute approximate surface area is 161 Å². The van der Waals surface area contributed by atoms with Crippen molar-refractivity contribution in [2.24, 2.45) is 0 Å². The van der Waals surface area contributed by atoms with Crippen molar-refractivity contribution in [3.8, 4) is 0 Å². The number of nitrogens with zero attached hydrogens (tertiary/aromatic N) is 6. The number of rotatable bonds is 2. The average molecular weight is 403 g/mol. The Hall–Kier alpha value is -3.46. The molecule has 0 saturated carbocycles. The summed E-state index contributed by atoms with van der Waals surface area (Å²) in [5.74, 6) is 0.218. The second-order valence-corrected chi connectivity index (χ2v) is 6.14. The van der Waals surface area contributed by atoms with Crippen molar-refractivity contribution in [2.75, 3.05) is 12.3 Å². The molecular weight excluding hydrogens is 386 g/mol. The van der Waals surface area contributed by atoms with Crippen LogP contribution in [0.5, 0.6) is 0 Å². The van der Waals surface area contributed by atoms with E-state index in [0.29, 0.717) is 22.3 Å². The van der Waals surface area contributed by atoms with Crippen LogP contribution in [0.3, 0.4) is 0 Å². The standard InChI is InChI=1S/C10H13N5O4.C5H4N4O/c11-8-5-9(13-2-12-8)15(3-14-5)10-7(18)6(17)4(1-16)19-10;10-5-3-4(7-1-6-3)8-2-9-5/h2-4,6-7,10,16-18H,1H2,(H2,11,12,13);1-2H,(H2,6,7,8,9,10)/t4-,6-,7-,10-;/m1./s1. The Morgan fingerprint density at radius 2 is 1.86 bits per heavy atom. The van der Waals surface area contributed by atoms with Crippen molar-refractivity contribution < 1.29 is 20.1 Å². The molecule has 0 unspecified atom stereocenters. The first-order chi connectivity index (χ1) is 14.0. The first-order valence-electron chi connectivity index (χ1n) is 8.43. The highest BCUT2D eigenvalue weighted by Gasteiger charge is 2.43. The van der Waals surface area contributed by atoms with E-state index in [9.17, 15) is 15.0 Å². The smallest absolute Gasteiger partial charge is 0.276 e. The van der Waals surface area contributed by atoms with Crippen LogP contribution in [0.4, 0.5) is 5.82 Å². The van der Waals surface area contributed by atoms with Crippen LogP contribution >= 0.6 is 0 Å². The first kappa shape index (κ1) is 18.9. The van der Waals surface area contributed by atoms with E-state index >= 15 is 0 Å². The summed E-state index contributed by atoms with van der Waals surface area (Å²) in [4.78, 5) is 35.5. The highest BCUT2D eigenvalue weighted by Crippen LogP contribution is 2.31. The van der Waals surface area contributed by atoms with E-state index in [0.717, 1.165) is 0 Å². The van der Waals surface area contributed by atoms with Crippen molar-refractivity contribution in [1.82, 2.24) is 39.5 Å². The van der Waals surface area contributed by atoms with Crippen molar-refractivity contribution in [2.45, 2.75) is 24.5 Å². The molecule has 14 nitrogen and oxygen atoms in total. The number of aromatic nitrogens is 8. The lowest BCUT2D eigenvalue weighted by Crippen LogP contribution is -2.33. The quantitative estimate of drug-likeness (QED) is 0.209. The number of anilines is 1. The van der Waals surface area contributed by atoms with Gasteiger partial charge in [-0.3, -0.25) is 9.36 Å². The maximum atomic E-state index is 10.9. The van der Waals surface area contributed by atoms with Gasteiger partial charge in [-0.15, -0.1) is 0 Å². The van der Waals surface area contributed by atoms with E-state index in [1.165, 1.54) is 29.9 Å². The molecule has 1 saturated heterocycles. The summed E-state index contributed by atoms with van der Waals surface area (Å²) in [6.07, 6.45) is 1.34. The summed E-state index contributed by atoms with van der Waals surface area (Å²) >= 11 is 0. The number of hydrogen-bond donors (Lipinski definition) is 6. The Morgan fingerprint density at radius 1 is 1.10 bits per heavy atom. The molecule has 14 heteroatoms. The predicted molar refractivity (Wildman–Crippen MR) is 97.3 cm³/mol. The fourth-order valence-corrected chi connectivity index (χ4v) is 2.94. The van der Waals surface area contributed by atoms with Gasteiger partial charge >= 0.3 is 0 Å². The fraction of sp³-hybridized carbons (Fsp3) is 0.333. The molecule has 0 amide bonds. The molecule has 7 N–H and O–H groups in total. The van der Waals surface area contributed by atoms with E-state index in [-0.39, 0.29) is 11.4 Å². The summed E-state index contributed by atoms with van der Waals surface area (Å²) < 4.78 is 6.85. The number of aromatic amines is 2. The second-order valence-electron chi connectivity index (χ2n) is 6.14. The number of hydrogen-bond acceptors (Lipinski definition) is 11. The maximum absolute atomic E-state index is 10.9. The van der Waals surface area contributed by atoms with E-state index in [1.807, 2.05) is 0 Å². The number of nitrogens with two attached hydrogens (primary N) is 1. The Balaban J connectivity index is 0.000000171. The normalized spacial score (nSPS) is 24.0. The van der Waals surface area contributed by atoms with Crippen LogP contribution in [0.25, 0.3) is 22.3 Å². The lowest BCUT2D eigenvalue weighted by molar-refractivity contribution is -0.0511. The molecule has 5 rings (SSSR count). The minimum absolute atomic E-state index is 0.192. The van der Waals surface area contributed by atoms with Crippen LogP contribution in [0.15, 0.2) is 30.1 Å². The zero-order chi connectivity index (χ0) is 20.5. The highest BCUT2D eigenvalue weighted by molar-refractivity contribution is 5.81. The van der Waals surface area contributed by atoms with Gasteiger partial charge in [0, 0.05) is 0 Å². The minimum atomic E-state index is -1.19. The van der Waals surface area contributed by atoms with Crippen LogP contribution in [-0.4, -0.2) is 79.7 Å². The van der Waals surface area contributed by atoms with Gasteiger partial charge in [-0.25, -0.2) is 24.9 Å². The van der Waals surface area contributed by atoms with Gasteiger partial charge in [-0.05, 0) is 0 Å². The van der Waals surface area contributed by atoms with Gasteiger partial charge in [0.05, 0.1) is 25.6 Å². The van der Waals surface area contributed by atoms with Crippen molar-refractivity contribution >= 4 is 28.1 Å². The van der Waals surface area contributed by atoms with E-state index in [1.54, 1.807) is 0 Å². The Morgan fingerprint density at radius 3 is 2.55 bits per heavy atom. The average Bonchev–Trinajstić information content (AvgIpc) is 3.42. The van der Waals surface area contributed by atoms with E-state index < -0.39 is 31.1 Å². The molecule has 29 heavy (non-hydrogen) atoms. The third kappa shape index (κ3) is 3.29. The van der Waals surface area contributed by atoms with Crippen LogP contribution in [0, 0.1) is 0 Å². The Kier molecular flexibility index (Phi) is 4.89. The maximum Gasteiger partial charge on any atom is 0.276 e. The minimum Gasteiger partial charge on any atom is -0.394 e. The largest absolute Gasteiger partial charge is 0.394 e. The van der Waals surface area contributed by atoms with Gasteiger partial charge in [0.2, 0.25) is 0 Å². The van der Waals surface area contributed by atoms with Crippen molar-refractivity contribution in [3.63, 3.8) is 0 Å². The first-order valence-corrected chi connectivity index (χ1v) is 8.43. The summed E-state index contributed by atoms with van der Waals surface area (Å²) in [6.45, 7) is -0.390. The summed E-state index contributed by atoms with van der Waals surface area (Å²) in [6, 6.07) is 0. The summed E-state index contributed by atoms with van der Waals surface area (Å²) in [5, 5.41) is 28.7. The third-order valence-corrected chi connectivity index (χ3v) is 4.41.